The van der Waals surface area contributed by atoms with Crippen molar-refractivity contribution >= 4 is 25.0 Å². The SMILES string of the molecule is O=CC=Cc1cccc(CS)c1. The van der Waals surface area contributed by atoms with Gasteiger partial charge in [0.05, 0.1) is 0 Å². The molecule has 0 aliphatic heterocycles. The Kier molecular flexibility index (Phi) is 3.61. The Balaban J connectivity index is 2.86. The lowest BCUT2D eigenvalue weighted by molar-refractivity contribution is -0.104. The number of aldehydes is 1. The largest absolute Gasteiger partial charge is 0.299 e. The highest BCUT2D eigenvalue weighted by Crippen LogP contribution is 2.08. The van der Waals surface area contributed by atoms with Crippen LogP contribution in [-0.2, 0) is 10.5 Å². The fourth-order valence-electron chi connectivity index (χ4n) is 0.946. The Hall–Kier alpha value is -1.02. The molecule has 0 saturated carbocycles. The summed E-state index contributed by atoms with van der Waals surface area (Å²) in [6, 6.07) is 7.92. The predicted molar refractivity (Wildman–Crippen MR) is 54.2 cm³/mol. The van der Waals surface area contributed by atoms with Crippen LogP contribution in [0.25, 0.3) is 6.08 Å². The average molecular weight is 178 g/mol. The first-order chi connectivity index (χ1) is 5.86. The fraction of sp³-hybridized carbons (Fsp3) is 0.100. The van der Waals surface area contributed by atoms with Gasteiger partial charge < -0.3 is 0 Å². The summed E-state index contributed by atoms with van der Waals surface area (Å²) in [5.41, 5.74) is 2.19. The fourth-order valence-corrected chi connectivity index (χ4v) is 1.14. The molecule has 1 rings (SSSR count). The van der Waals surface area contributed by atoms with Crippen LogP contribution in [0.15, 0.2) is 30.3 Å². The highest BCUT2D eigenvalue weighted by Gasteiger charge is 1.89. The number of benzene rings is 1. The highest BCUT2D eigenvalue weighted by atomic mass is 32.1. The number of hydrogen-bond acceptors (Lipinski definition) is 2. The molecule has 62 valence electrons. The minimum absolute atomic E-state index is 0.725. The smallest absolute Gasteiger partial charge is 0.142 e. The van der Waals surface area contributed by atoms with Gasteiger partial charge >= 0.3 is 0 Å². The minimum Gasteiger partial charge on any atom is -0.299 e. The first-order valence-electron chi connectivity index (χ1n) is 3.68. The van der Waals surface area contributed by atoms with E-state index in [2.05, 4.69) is 12.6 Å². The van der Waals surface area contributed by atoms with Crippen LogP contribution in [0.4, 0.5) is 0 Å². The lowest BCUT2D eigenvalue weighted by Gasteiger charge is -1.96. The molecule has 0 heterocycles. The summed E-state index contributed by atoms with van der Waals surface area (Å²) in [5, 5.41) is 0. The van der Waals surface area contributed by atoms with Crippen LogP contribution in [0, 0.1) is 0 Å². The molecule has 2 heteroatoms. The maximum absolute atomic E-state index is 10.0. The van der Waals surface area contributed by atoms with E-state index in [9.17, 15) is 4.79 Å². The van der Waals surface area contributed by atoms with E-state index in [1.807, 2.05) is 24.3 Å². The molecule has 0 aromatic heterocycles. The summed E-state index contributed by atoms with van der Waals surface area (Å²) < 4.78 is 0. The molecule has 0 bridgehead atoms. The van der Waals surface area contributed by atoms with Crippen molar-refractivity contribution < 1.29 is 4.79 Å². The van der Waals surface area contributed by atoms with Crippen molar-refractivity contribution in [1.82, 2.24) is 0 Å². The Morgan fingerprint density at radius 1 is 1.42 bits per heavy atom. The third kappa shape index (κ3) is 2.55. The van der Waals surface area contributed by atoms with Crippen LogP contribution in [0.3, 0.4) is 0 Å². The quantitative estimate of drug-likeness (QED) is 0.427. The summed E-state index contributed by atoms with van der Waals surface area (Å²) in [5.74, 6) is 0.725. The molecule has 0 atom stereocenters. The van der Waals surface area contributed by atoms with E-state index < -0.39 is 0 Å². The molecule has 0 aliphatic carbocycles. The summed E-state index contributed by atoms with van der Waals surface area (Å²) in [6.07, 6.45) is 4.03. The van der Waals surface area contributed by atoms with Gasteiger partial charge in [0, 0.05) is 5.75 Å². The Morgan fingerprint density at radius 2 is 2.25 bits per heavy atom. The molecule has 0 N–H and O–H groups in total. The van der Waals surface area contributed by atoms with E-state index in [1.54, 1.807) is 6.08 Å². The first kappa shape index (κ1) is 9.07. The molecule has 0 aliphatic rings. The first-order valence-corrected chi connectivity index (χ1v) is 4.31. The maximum atomic E-state index is 10.0. The molecule has 12 heavy (non-hydrogen) atoms. The van der Waals surface area contributed by atoms with Crippen molar-refractivity contribution in [2.75, 3.05) is 0 Å². The molecule has 0 saturated heterocycles. The molecule has 0 unspecified atom stereocenters. The van der Waals surface area contributed by atoms with Crippen molar-refractivity contribution in [3.63, 3.8) is 0 Å². The van der Waals surface area contributed by atoms with Crippen LogP contribution < -0.4 is 0 Å². The van der Waals surface area contributed by atoms with Crippen LogP contribution in [0.2, 0.25) is 0 Å². The molecule has 0 radical (unpaired) electrons. The zero-order chi connectivity index (χ0) is 8.81. The molecule has 0 fully saturated rings. The minimum atomic E-state index is 0.725. The number of thiol groups is 1. The molecule has 1 aromatic rings. The third-order valence-corrected chi connectivity index (χ3v) is 1.87. The van der Waals surface area contributed by atoms with E-state index >= 15 is 0 Å². The maximum Gasteiger partial charge on any atom is 0.142 e. The second kappa shape index (κ2) is 4.78. The Labute approximate surface area is 77.5 Å². The van der Waals surface area contributed by atoms with Gasteiger partial charge in [-0.3, -0.25) is 4.79 Å². The lowest BCUT2D eigenvalue weighted by atomic mass is 10.1. The molecule has 0 spiro atoms. The van der Waals surface area contributed by atoms with E-state index in [1.165, 1.54) is 6.08 Å². The highest BCUT2D eigenvalue weighted by molar-refractivity contribution is 7.79. The van der Waals surface area contributed by atoms with Crippen molar-refractivity contribution in [1.29, 1.82) is 0 Å². The predicted octanol–water partition coefficient (Wildman–Crippen LogP) is 2.33. The van der Waals surface area contributed by atoms with Crippen LogP contribution in [0.5, 0.6) is 0 Å². The number of hydrogen-bond donors (Lipinski definition) is 1. The van der Waals surface area contributed by atoms with E-state index in [-0.39, 0.29) is 0 Å². The van der Waals surface area contributed by atoms with E-state index in [4.69, 9.17) is 0 Å². The van der Waals surface area contributed by atoms with Gasteiger partial charge in [0.2, 0.25) is 0 Å². The Bertz CT molecular complexity index is 292. The topological polar surface area (TPSA) is 17.1 Å². The van der Waals surface area contributed by atoms with E-state index in [0.29, 0.717) is 0 Å². The summed E-state index contributed by atoms with van der Waals surface area (Å²) in [4.78, 5) is 10.0. The van der Waals surface area contributed by atoms with Gasteiger partial charge in [0.25, 0.3) is 0 Å². The van der Waals surface area contributed by atoms with Crippen LogP contribution >= 0.6 is 12.6 Å². The summed E-state index contributed by atoms with van der Waals surface area (Å²) >= 11 is 4.15. The number of allylic oxidation sites excluding steroid dienone is 1. The number of carbonyl (C=O) groups excluding carboxylic acids is 1. The van der Waals surface area contributed by atoms with Crippen LogP contribution in [-0.4, -0.2) is 6.29 Å². The second-order valence-corrected chi connectivity index (χ2v) is 2.71. The van der Waals surface area contributed by atoms with Gasteiger partial charge in [-0.05, 0) is 17.2 Å². The van der Waals surface area contributed by atoms with Crippen molar-refractivity contribution in [2.24, 2.45) is 0 Å². The summed E-state index contributed by atoms with van der Waals surface area (Å²) in [6.45, 7) is 0. The Morgan fingerprint density at radius 3 is 2.92 bits per heavy atom. The summed E-state index contributed by atoms with van der Waals surface area (Å²) in [7, 11) is 0. The zero-order valence-corrected chi connectivity index (χ0v) is 7.50. The van der Waals surface area contributed by atoms with E-state index in [0.717, 1.165) is 23.2 Å². The van der Waals surface area contributed by atoms with Crippen LogP contribution in [0.1, 0.15) is 11.1 Å². The average Bonchev–Trinajstić information content (AvgIpc) is 2.15. The third-order valence-electron chi connectivity index (χ3n) is 1.50. The molecular formula is C10H10OS. The lowest BCUT2D eigenvalue weighted by Crippen LogP contribution is -1.78. The number of rotatable bonds is 3. The van der Waals surface area contributed by atoms with Gasteiger partial charge in [-0.1, -0.05) is 30.3 Å². The van der Waals surface area contributed by atoms with Gasteiger partial charge in [0.1, 0.15) is 6.29 Å². The van der Waals surface area contributed by atoms with Gasteiger partial charge in [0.15, 0.2) is 0 Å². The van der Waals surface area contributed by atoms with Gasteiger partial charge in [-0.15, -0.1) is 0 Å². The molecule has 0 amide bonds. The molecule has 1 aromatic carbocycles. The number of carbonyl (C=O) groups is 1. The molecular weight excluding hydrogens is 168 g/mol. The van der Waals surface area contributed by atoms with Crippen molar-refractivity contribution in [3.05, 3.63) is 41.5 Å². The second-order valence-electron chi connectivity index (χ2n) is 2.40. The zero-order valence-electron chi connectivity index (χ0n) is 6.60. The van der Waals surface area contributed by atoms with Gasteiger partial charge in [-0.2, -0.15) is 12.6 Å². The molecule has 1 nitrogen and oxygen atoms in total. The standard InChI is InChI=1S/C10H10OS/c11-6-2-5-9-3-1-4-10(7-9)8-12/h1-7,12H,8H2. The monoisotopic (exact) mass is 178 g/mol. The van der Waals surface area contributed by atoms with Crippen molar-refractivity contribution in [3.8, 4) is 0 Å². The normalized spacial score (nSPS) is 10.4. The van der Waals surface area contributed by atoms with Gasteiger partial charge in [-0.25, -0.2) is 0 Å². The van der Waals surface area contributed by atoms with Crippen molar-refractivity contribution in [2.45, 2.75) is 5.75 Å².